The number of carboxylic acid groups (broad SMARTS) is 2. The van der Waals surface area contributed by atoms with Crippen LogP contribution < -0.4 is 16.4 Å². The Morgan fingerprint density at radius 3 is 2.14 bits per heavy atom. The van der Waals surface area contributed by atoms with Gasteiger partial charge in [-0.05, 0) is 42.5 Å². The predicted molar refractivity (Wildman–Crippen MR) is 107 cm³/mol. The van der Waals surface area contributed by atoms with Crippen LogP contribution in [0.3, 0.4) is 0 Å². The average Bonchev–Trinajstić information content (AvgIpc) is 2.65. The van der Waals surface area contributed by atoms with Crippen LogP contribution in [-0.2, 0) is 25.6 Å². The highest BCUT2D eigenvalue weighted by Crippen LogP contribution is 2.11. The van der Waals surface area contributed by atoms with Crippen LogP contribution in [0.4, 0.5) is 0 Å². The number of nitrogens with one attached hydrogen (secondary N) is 2. The molecule has 3 atom stereocenters. The van der Waals surface area contributed by atoms with Crippen LogP contribution in [-0.4, -0.2) is 69.2 Å². The molecule has 1 aromatic carbocycles. The molecule has 29 heavy (non-hydrogen) atoms. The van der Waals surface area contributed by atoms with Crippen molar-refractivity contribution in [3.8, 4) is 5.75 Å². The number of thioether (sulfide) groups is 1. The summed E-state index contributed by atoms with van der Waals surface area (Å²) < 4.78 is 0. The molecule has 7 N–H and O–H groups in total. The smallest absolute Gasteiger partial charge is 0.326 e. The molecular weight excluding hydrogens is 402 g/mol. The molecular formula is C18H25N3O7S. The average molecular weight is 427 g/mol. The molecule has 0 radical (unpaired) electrons. The van der Waals surface area contributed by atoms with E-state index < -0.39 is 48.3 Å². The van der Waals surface area contributed by atoms with Crippen molar-refractivity contribution in [2.75, 3.05) is 12.0 Å². The molecule has 0 fully saturated rings. The second-order valence-corrected chi connectivity index (χ2v) is 7.30. The van der Waals surface area contributed by atoms with Gasteiger partial charge in [-0.1, -0.05) is 12.1 Å². The number of phenolic OH excluding ortho intramolecular Hbond substituents is 1. The summed E-state index contributed by atoms with van der Waals surface area (Å²) in [5.74, 6) is -3.68. The number of hydrogen-bond acceptors (Lipinski definition) is 7. The van der Waals surface area contributed by atoms with E-state index >= 15 is 0 Å². The lowest BCUT2D eigenvalue weighted by Gasteiger charge is -2.22. The first kappa shape index (κ1) is 24.2. The maximum Gasteiger partial charge on any atom is 0.326 e. The second kappa shape index (κ2) is 11.9. The van der Waals surface area contributed by atoms with Gasteiger partial charge in [0.1, 0.15) is 17.8 Å². The van der Waals surface area contributed by atoms with Crippen LogP contribution in [0.25, 0.3) is 0 Å². The van der Waals surface area contributed by atoms with Gasteiger partial charge in [0.05, 0.1) is 12.5 Å². The van der Waals surface area contributed by atoms with Crippen molar-refractivity contribution >= 4 is 35.5 Å². The molecule has 0 saturated heterocycles. The number of nitrogens with two attached hydrogens (primary N) is 1. The molecule has 0 saturated carbocycles. The standard InChI is InChI=1S/C18H25N3O7S/c1-29-7-6-13(17(26)21-14(18(27)28)9-15(23)24)20-16(25)12(19)8-10-2-4-11(22)5-3-10/h2-5,12-14,22H,6-9,19H2,1H3,(H,20,25)(H,21,26)(H,23,24)(H,27,28)/t12-,13-,14-/m0/s1. The Balaban J connectivity index is 2.78. The van der Waals surface area contributed by atoms with Gasteiger partial charge >= 0.3 is 11.9 Å². The maximum absolute atomic E-state index is 12.4. The van der Waals surface area contributed by atoms with Gasteiger partial charge in [0.2, 0.25) is 11.8 Å². The Morgan fingerprint density at radius 1 is 1.03 bits per heavy atom. The van der Waals surface area contributed by atoms with Crippen molar-refractivity contribution in [2.45, 2.75) is 37.4 Å². The van der Waals surface area contributed by atoms with E-state index in [-0.39, 0.29) is 18.6 Å². The van der Waals surface area contributed by atoms with Crippen LogP contribution >= 0.6 is 11.8 Å². The Bertz CT molecular complexity index is 727. The molecule has 0 aliphatic heterocycles. The fraction of sp³-hybridized carbons (Fsp3) is 0.444. The molecule has 0 aliphatic rings. The largest absolute Gasteiger partial charge is 0.508 e. The zero-order valence-corrected chi connectivity index (χ0v) is 16.6. The molecule has 0 aliphatic carbocycles. The first-order chi connectivity index (χ1) is 13.6. The summed E-state index contributed by atoms with van der Waals surface area (Å²) in [7, 11) is 0. The number of aromatic hydroxyl groups is 1. The van der Waals surface area contributed by atoms with Crippen molar-refractivity contribution < 1.29 is 34.5 Å². The first-order valence-corrected chi connectivity index (χ1v) is 10.1. The number of aliphatic carboxylic acids is 2. The molecule has 10 nitrogen and oxygen atoms in total. The summed E-state index contributed by atoms with van der Waals surface area (Å²) in [5.41, 5.74) is 6.61. The maximum atomic E-state index is 12.4. The normalized spacial score (nSPS) is 13.7. The molecule has 160 valence electrons. The van der Waals surface area contributed by atoms with E-state index in [9.17, 15) is 24.3 Å². The quantitative estimate of drug-likeness (QED) is 0.257. The van der Waals surface area contributed by atoms with E-state index in [1.165, 1.54) is 23.9 Å². The van der Waals surface area contributed by atoms with E-state index in [2.05, 4.69) is 10.6 Å². The third-order valence-electron chi connectivity index (χ3n) is 3.97. The number of carbonyl (C=O) groups is 4. The van der Waals surface area contributed by atoms with Crippen molar-refractivity contribution in [3.63, 3.8) is 0 Å². The fourth-order valence-electron chi connectivity index (χ4n) is 2.41. The summed E-state index contributed by atoms with van der Waals surface area (Å²) >= 11 is 1.43. The van der Waals surface area contributed by atoms with Gasteiger partial charge in [-0.15, -0.1) is 0 Å². The number of carboxylic acids is 2. The Labute approximate surface area is 171 Å². The van der Waals surface area contributed by atoms with Crippen molar-refractivity contribution in [1.82, 2.24) is 10.6 Å². The van der Waals surface area contributed by atoms with Gasteiger partial charge in [0.25, 0.3) is 0 Å². The zero-order chi connectivity index (χ0) is 22.0. The van der Waals surface area contributed by atoms with E-state index in [1.807, 2.05) is 0 Å². The molecule has 0 bridgehead atoms. The molecule has 1 aromatic rings. The molecule has 0 spiro atoms. The molecule has 0 heterocycles. The molecule has 0 aromatic heterocycles. The summed E-state index contributed by atoms with van der Waals surface area (Å²) in [4.78, 5) is 46.8. The summed E-state index contributed by atoms with van der Waals surface area (Å²) in [5, 5.41) is 31.8. The van der Waals surface area contributed by atoms with Crippen molar-refractivity contribution in [3.05, 3.63) is 29.8 Å². The number of rotatable bonds is 12. The van der Waals surface area contributed by atoms with Crippen LogP contribution in [0.5, 0.6) is 5.75 Å². The SMILES string of the molecule is CSCC[C@H](NC(=O)[C@@H](N)Cc1ccc(O)cc1)C(=O)N[C@@H](CC(=O)O)C(=O)O. The third-order valence-corrected chi connectivity index (χ3v) is 4.61. The van der Waals surface area contributed by atoms with Gasteiger partial charge in [0, 0.05) is 0 Å². The third kappa shape index (κ3) is 8.83. The molecule has 1 rings (SSSR count). The summed E-state index contributed by atoms with van der Waals surface area (Å²) in [6.07, 6.45) is 1.40. The molecule has 11 heteroatoms. The minimum atomic E-state index is -1.61. The minimum absolute atomic E-state index is 0.0786. The van der Waals surface area contributed by atoms with E-state index in [0.29, 0.717) is 11.3 Å². The molecule has 0 unspecified atom stereocenters. The fourth-order valence-corrected chi connectivity index (χ4v) is 2.88. The lowest BCUT2D eigenvalue weighted by Crippen LogP contribution is -2.55. The van der Waals surface area contributed by atoms with Gasteiger partial charge in [-0.3, -0.25) is 14.4 Å². The van der Waals surface area contributed by atoms with Gasteiger partial charge in [-0.2, -0.15) is 11.8 Å². The molecule has 2 amide bonds. The number of carbonyl (C=O) groups excluding carboxylic acids is 2. The highest BCUT2D eigenvalue weighted by atomic mass is 32.2. The number of phenols is 1. The monoisotopic (exact) mass is 427 g/mol. The minimum Gasteiger partial charge on any atom is -0.508 e. The van der Waals surface area contributed by atoms with E-state index in [1.54, 1.807) is 18.4 Å². The van der Waals surface area contributed by atoms with Gasteiger partial charge in [-0.25, -0.2) is 4.79 Å². The van der Waals surface area contributed by atoms with Crippen LogP contribution in [0.15, 0.2) is 24.3 Å². The number of benzene rings is 1. The Kier molecular flexibility index (Phi) is 9.97. The summed E-state index contributed by atoms with van der Waals surface area (Å²) in [6, 6.07) is 2.51. The Hall–Kier alpha value is -2.79. The van der Waals surface area contributed by atoms with Crippen LogP contribution in [0.2, 0.25) is 0 Å². The second-order valence-electron chi connectivity index (χ2n) is 6.32. The van der Waals surface area contributed by atoms with Crippen molar-refractivity contribution in [2.24, 2.45) is 5.73 Å². The summed E-state index contributed by atoms with van der Waals surface area (Å²) in [6.45, 7) is 0. The predicted octanol–water partition coefficient (Wildman–Crippen LogP) is -0.456. The van der Waals surface area contributed by atoms with E-state index in [4.69, 9.17) is 15.9 Å². The van der Waals surface area contributed by atoms with Crippen molar-refractivity contribution in [1.29, 1.82) is 0 Å². The van der Waals surface area contributed by atoms with E-state index in [0.717, 1.165) is 0 Å². The van der Waals surface area contributed by atoms with Crippen LogP contribution in [0, 0.1) is 0 Å². The highest BCUT2D eigenvalue weighted by molar-refractivity contribution is 7.98. The topological polar surface area (TPSA) is 179 Å². The number of hydrogen-bond donors (Lipinski definition) is 6. The van der Waals surface area contributed by atoms with Gasteiger partial charge in [0.15, 0.2) is 0 Å². The zero-order valence-electron chi connectivity index (χ0n) is 15.8. The van der Waals surface area contributed by atoms with Gasteiger partial charge < -0.3 is 31.7 Å². The highest BCUT2D eigenvalue weighted by Gasteiger charge is 2.29. The lowest BCUT2D eigenvalue weighted by atomic mass is 10.0. The number of amides is 2. The lowest BCUT2D eigenvalue weighted by molar-refractivity contribution is -0.147. The first-order valence-electron chi connectivity index (χ1n) is 8.71. The Morgan fingerprint density at radius 2 is 1.62 bits per heavy atom. The van der Waals surface area contributed by atoms with Crippen LogP contribution in [0.1, 0.15) is 18.4 Å².